The number of morpholine rings is 1. The lowest BCUT2D eigenvalue weighted by atomic mass is 10.2. The van der Waals surface area contributed by atoms with Crippen molar-refractivity contribution < 1.29 is 4.74 Å². The van der Waals surface area contributed by atoms with E-state index in [0.29, 0.717) is 0 Å². The van der Waals surface area contributed by atoms with Crippen molar-refractivity contribution in [3.63, 3.8) is 0 Å². The number of hydrogen-bond donors (Lipinski definition) is 1. The summed E-state index contributed by atoms with van der Waals surface area (Å²) in [5.74, 6) is 0.867. The molecule has 4 rings (SSSR count). The minimum atomic E-state index is 0.238. The molecule has 2 aromatic rings. The van der Waals surface area contributed by atoms with Crippen molar-refractivity contribution in [1.82, 2.24) is 14.9 Å². The monoisotopic (exact) mass is 298 g/mol. The summed E-state index contributed by atoms with van der Waals surface area (Å²) in [5.41, 5.74) is 2.81. The molecule has 1 aliphatic heterocycles. The average molecular weight is 298 g/mol. The maximum Gasteiger partial charge on any atom is 0.148 e. The van der Waals surface area contributed by atoms with Crippen LogP contribution in [0.25, 0.3) is 11.0 Å². The highest BCUT2D eigenvalue weighted by atomic mass is 16.5. The van der Waals surface area contributed by atoms with Crippen LogP contribution < -0.4 is 5.32 Å². The Balaban J connectivity index is 1.43. The molecule has 5 nitrogen and oxygen atoms in total. The fourth-order valence-corrected chi connectivity index (χ4v) is 3.10. The second-order valence-electron chi connectivity index (χ2n) is 6.25. The van der Waals surface area contributed by atoms with E-state index in [9.17, 15) is 0 Å². The highest BCUT2D eigenvalue weighted by Gasteiger charge is 2.32. The first-order valence-electron chi connectivity index (χ1n) is 8.12. The third-order valence-corrected chi connectivity index (χ3v) is 4.48. The van der Waals surface area contributed by atoms with Gasteiger partial charge in [-0.25, -0.2) is 9.97 Å². The number of fused-ring (bicyclic) bond motifs is 1. The van der Waals surface area contributed by atoms with Gasteiger partial charge in [-0.3, -0.25) is 4.90 Å². The summed E-state index contributed by atoms with van der Waals surface area (Å²) >= 11 is 0. The van der Waals surface area contributed by atoms with Gasteiger partial charge >= 0.3 is 0 Å². The van der Waals surface area contributed by atoms with E-state index in [4.69, 9.17) is 4.74 Å². The van der Waals surface area contributed by atoms with Crippen LogP contribution in [-0.2, 0) is 4.74 Å². The number of nitrogens with one attached hydrogen (secondary N) is 1. The molecule has 1 aliphatic carbocycles. The molecule has 1 N–H and O–H groups in total. The molecule has 0 spiro atoms. The van der Waals surface area contributed by atoms with Gasteiger partial charge in [-0.2, -0.15) is 0 Å². The Bertz CT molecular complexity index is 671. The summed E-state index contributed by atoms with van der Waals surface area (Å²) in [5, 5.41) is 3.43. The Labute approximate surface area is 130 Å². The minimum absolute atomic E-state index is 0.238. The summed E-state index contributed by atoms with van der Waals surface area (Å²) < 4.78 is 5.88. The number of benzene rings is 1. The third kappa shape index (κ3) is 2.91. The van der Waals surface area contributed by atoms with Gasteiger partial charge in [0.2, 0.25) is 0 Å². The third-order valence-electron chi connectivity index (χ3n) is 4.48. The molecule has 22 heavy (non-hydrogen) atoms. The molecule has 5 heteroatoms. The van der Waals surface area contributed by atoms with Crippen molar-refractivity contribution in [2.75, 3.05) is 31.6 Å². The molecule has 2 fully saturated rings. The zero-order valence-corrected chi connectivity index (χ0v) is 13.0. The molecule has 0 bridgehead atoms. The lowest BCUT2D eigenvalue weighted by molar-refractivity contribution is -0.0241. The molecular formula is C17H22N4O. The van der Waals surface area contributed by atoms with E-state index in [1.807, 2.05) is 31.2 Å². The lowest BCUT2D eigenvalue weighted by Gasteiger charge is -2.33. The Morgan fingerprint density at radius 2 is 2.00 bits per heavy atom. The summed E-state index contributed by atoms with van der Waals surface area (Å²) in [6, 6.07) is 8.80. The van der Waals surface area contributed by atoms with Gasteiger partial charge in [0.25, 0.3) is 0 Å². The number of aryl methyl sites for hydroxylation is 1. The van der Waals surface area contributed by atoms with Crippen molar-refractivity contribution in [2.24, 2.45) is 0 Å². The quantitative estimate of drug-likeness (QED) is 0.938. The predicted octanol–water partition coefficient (Wildman–Crippen LogP) is 2.21. The van der Waals surface area contributed by atoms with Gasteiger partial charge in [0.05, 0.1) is 29.4 Å². The summed E-state index contributed by atoms with van der Waals surface area (Å²) in [6.07, 6.45) is 2.95. The first kappa shape index (κ1) is 13.9. The standard InChI is InChI=1S/C17H22N4O/c1-12-17(20-16-5-3-2-4-15(16)19-12)18-10-14-11-21(8-9-22-14)13-6-7-13/h2-5,13-14H,6-11H2,1H3,(H,18,20). The molecule has 0 radical (unpaired) electrons. The van der Waals surface area contributed by atoms with Crippen LogP contribution in [0.5, 0.6) is 0 Å². The van der Waals surface area contributed by atoms with Gasteiger partial charge in [0.15, 0.2) is 0 Å². The van der Waals surface area contributed by atoms with Gasteiger partial charge in [-0.05, 0) is 31.9 Å². The van der Waals surface area contributed by atoms with E-state index in [1.165, 1.54) is 12.8 Å². The summed E-state index contributed by atoms with van der Waals surface area (Å²) in [6.45, 7) is 5.73. The number of aromatic nitrogens is 2. The molecule has 2 heterocycles. The van der Waals surface area contributed by atoms with Gasteiger partial charge < -0.3 is 10.1 Å². The fraction of sp³-hybridized carbons (Fsp3) is 0.529. The molecule has 1 atom stereocenters. The number of para-hydroxylation sites is 2. The van der Waals surface area contributed by atoms with E-state index in [1.54, 1.807) is 0 Å². The van der Waals surface area contributed by atoms with Crippen LogP contribution in [0, 0.1) is 6.92 Å². The zero-order chi connectivity index (χ0) is 14.9. The van der Waals surface area contributed by atoms with Crippen LogP contribution in [0.1, 0.15) is 18.5 Å². The predicted molar refractivity (Wildman–Crippen MR) is 87.1 cm³/mol. The average Bonchev–Trinajstić information content (AvgIpc) is 3.38. The molecule has 1 aromatic carbocycles. The van der Waals surface area contributed by atoms with Crippen LogP contribution in [0.4, 0.5) is 5.82 Å². The van der Waals surface area contributed by atoms with Crippen LogP contribution >= 0.6 is 0 Å². The second kappa shape index (κ2) is 5.82. The van der Waals surface area contributed by atoms with E-state index >= 15 is 0 Å². The SMILES string of the molecule is Cc1nc2ccccc2nc1NCC1CN(C2CC2)CCO1. The highest BCUT2D eigenvalue weighted by molar-refractivity contribution is 5.76. The van der Waals surface area contributed by atoms with Crippen molar-refractivity contribution in [2.45, 2.75) is 31.9 Å². The van der Waals surface area contributed by atoms with Crippen molar-refractivity contribution >= 4 is 16.9 Å². The minimum Gasteiger partial charge on any atom is -0.374 e. The number of anilines is 1. The van der Waals surface area contributed by atoms with Gasteiger partial charge in [0, 0.05) is 25.7 Å². The van der Waals surface area contributed by atoms with E-state index < -0.39 is 0 Å². The molecule has 0 amide bonds. The number of ether oxygens (including phenoxy) is 1. The number of rotatable bonds is 4. The normalized spacial score (nSPS) is 22.9. The first-order valence-corrected chi connectivity index (χ1v) is 8.12. The van der Waals surface area contributed by atoms with E-state index in [2.05, 4.69) is 20.2 Å². The first-order chi connectivity index (χ1) is 10.8. The van der Waals surface area contributed by atoms with Gasteiger partial charge in [0.1, 0.15) is 5.82 Å². The number of hydrogen-bond acceptors (Lipinski definition) is 5. The van der Waals surface area contributed by atoms with Gasteiger partial charge in [-0.15, -0.1) is 0 Å². The maximum absolute atomic E-state index is 5.88. The van der Waals surface area contributed by atoms with Crippen molar-refractivity contribution in [1.29, 1.82) is 0 Å². The van der Waals surface area contributed by atoms with Gasteiger partial charge in [-0.1, -0.05) is 12.1 Å². The molecule has 1 saturated carbocycles. The Kier molecular flexibility index (Phi) is 3.68. The van der Waals surface area contributed by atoms with Crippen LogP contribution in [-0.4, -0.2) is 53.3 Å². The van der Waals surface area contributed by atoms with Crippen LogP contribution in [0.2, 0.25) is 0 Å². The molecule has 1 saturated heterocycles. The van der Waals surface area contributed by atoms with Crippen molar-refractivity contribution in [3.8, 4) is 0 Å². The van der Waals surface area contributed by atoms with Crippen LogP contribution in [0.15, 0.2) is 24.3 Å². The second-order valence-corrected chi connectivity index (χ2v) is 6.25. The largest absolute Gasteiger partial charge is 0.374 e. The molecule has 1 aromatic heterocycles. The zero-order valence-electron chi connectivity index (χ0n) is 13.0. The molecule has 1 unspecified atom stereocenters. The summed E-state index contributed by atoms with van der Waals surface area (Å²) in [4.78, 5) is 11.9. The smallest absolute Gasteiger partial charge is 0.148 e. The maximum atomic E-state index is 5.88. The lowest BCUT2D eigenvalue weighted by Crippen LogP contribution is -2.46. The Morgan fingerprint density at radius 3 is 2.77 bits per heavy atom. The Morgan fingerprint density at radius 1 is 1.23 bits per heavy atom. The molecule has 116 valence electrons. The van der Waals surface area contributed by atoms with Crippen molar-refractivity contribution in [3.05, 3.63) is 30.0 Å². The number of nitrogens with zero attached hydrogens (tertiary/aromatic N) is 3. The van der Waals surface area contributed by atoms with E-state index in [-0.39, 0.29) is 6.10 Å². The van der Waals surface area contributed by atoms with Crippen LogP contribution in [0.3, 0.4) is 0 Å². The summed E-state index contributed by atoms with van der Waals surface area (Å²) in [7, 11) is 0. The molecular weight excluding hydrogens is 276 g/mol. The molecule has 2 aliphatic rings. The Hall–Kier alpha value is -1.72. The topological polar surface area (TPSA) is 50.3 Å². The highest BCUT2D eigenvalue weighted by Crippen LogP contribution is 2.28. The van der Waals surface area contributed by atoms with E-state index in [0.717, 1.165) is 54.8 Å². The fourth-order valence-electron chi connectivity index (χ4n) is 3.10.